The van der Waals surface area contributed by atoms with Crippen molar-refractivity contribution in [2.24, 2.45) is 0 Å². The van der Waals surface area contributed by atoms with E-state index in [1.807, 2.05) is 0 Å². The number of benzene rings is 2. The smallest absolute Gasteiger partial charge is 0.118 e. The molecule has 0 aliphatic carbocycles. The Hall–Kier alpha value is -1.68. The van der Waals surface area contributed by atoms with Gasteiger partial charge in [-0.1, -0.05) is 345 Å². The Kier molecular flexibility index (Phi) is 33.7. The lowest BCUT2D eigenvalue weighted by molar-refractivity contribution is -0.0425. The van der Waals surface area contributed by atoms with E-state index in [-0.39, 0.29) is 35.6 Å². The van der Waals surface area contributed by atoms with Crippen LogP contribution in [-0.4, -0.2) is 23.4 Å². The van der Waals surface area contributed by atoms with Gasteiger partial charge in [-0.3, -0.25) is 0 Å². The van der Waals surface area contributed by atoms with Crippen molar-refractivity contribution < 1.29 is 14.2 Å². The van der Waals surface area contributed by atoms with E-state index in [0.29, 0.717) is 0 Å². The molecule has 69 heavy (non-hydrogen) atoms. The summed E-state index contributed by atoms with van der Waals surface area (Å²) < 4.78 is 22.1. The van der Waals surface area contributed by atoms with Crippen molar-refractivity contribution in [3.8, 4) is 0 Å². The first-order valence-corrected chi connectivity index (χ1v) is 31.2. The summed E-state index contributed by atoms with van der Waals surface area (Å²) in [6.07, 6.45) is 59.5. The average molecular weight is 956 g/mol. The highest BCUT2D eigenvalue weighted by Gasteiger charge is 2.63. The molecule has 2 aromatic carbocycles. The number of hydrogen-bond acceptors (Lipinski definition) is 3. The largest absolute Gasteiger partial charge is 0.363 e. The van der Waals surface area contributed by atoms with E-state index in [9.17, 15) is 0 Å². The lowest BCUT2D eigenvalue weighted by Crippen LogP contribution is -2.27. The quantitative estimate of drug-likeness (QED) is 0.0489. The minimum Gasteiger partial charge on any atom is -0.363 e. The molecular formula is C66H114O3. The van der Waals surface area contributed by atoms with Gasteiger partial charge >= 0.3 is 0 Å². The van der Waals surface area contributed by atoms with Gasteiger partial charge in [-0.05, 0) is 36.8 Å². The summed E-state index contributed by atoms with van der Waals surface area (Å²) >= 11 is 0. The molecule has 0 bridgehead atoms. The molecule has 2 aliphatic heterocycles. The number of hydrogen-bond donors (Lipinski definition) is 0. The fourth-order valence-corrected chi connectivity index (χ4v) is 11.9. The van der Waals surface area contributed by atoms with Crippen LogP contribution in [0.3, 0.4) is 0 Å². The van der Waals surface area contributed by atoms with E-state index in [2.05, 4.69) is 88.4 Å². The van der Waals surface area contributed by atoms with Gasteiger partial charge in [0.15, 0.2) is 0 Å². The van der Waals surface area contributed by atoms with Crippen molar-refractivity contribution in [1.29, 1.82) is 0 Å². The Balaban J connectivity index is 1.45. The fourth-order valence-electron chi connectivity index (χ4n) is 11.9. The molecule has 2 aromatic rings. The molecule has 2 saturated heterocycles. The van der Waals surface area contributed by atoms with Crippen LogP contribution in [0.15, 0.2) is 60.7 Å². The summed E-state index contributed by atoms with van der Waals surface area (Å²) in [6, 6.07) is 22.4. The SMILES string of the molecule is CCCCCCCCCCCCC1(CCCCCCCCCCCC)OC1C(OC(c1ccccc1)C1OC1(CCCCCCCCCCCC)CCCCCCCCCCCC)c1ccccc1. The number of rotatable bonds is 50. The summed E-state index contributed by atoms with van der Waals surface area (Å²) in [5, 5.41) is 0. The molecule has 3 nitrogen and oxygen atoms in total. The molecule has 0 spiro atoms. The Morgan fingerprint density at radius 2 is 0.507 bits per heavy atom. The summed E-state index contributed by atoms with van der Waals surface area (Å²) in [4.78, 5) is 0. The van der Waals surface area contributed by atoms with Crippen LogP contribution in [0.2, 0.25) is 0 Å². The topological polar surface area (TPSA) is 34.3 Å². The Morgan fingerprint density at radius 3 is 0.725 bits per heavy atom. The minimum absolute atomic E-state index is 0.0836. The molecule has 4 rings (SSSR count). The number of epoxide rings is 2. The van der Waals surface area contributed by atoms with Crippen molar-refractivity contribution >= 4 is 0 Å². The van der Waals surface area contributed by atoms with Gasteiger partial charge in [0.2, 0.25) is 0 Å². The van der Waals surface area contributed by atoms with Crippen LogP contribution in [-0.2, 0) is 14.2 Å². The molecule has 4 unspecified atom stereocenters. The highest BCUT2D eigenvalue weighted by atomic mass is 16.7. The predicted octanol–water partition coefficient (Wildman–Crippen LogP) is 22.0. The van der Waals surface area contributed by atoms with Crippen molar-refractivity contribution in [3.05, 3.63) is 71.8 Å². The Labute approximate surface area is 430 Å². The molecule has 3 heteroatoms. The Morgan fingerprint density at radius 1 is 0.304 bits per heavy atom. The molecule has 2 aliphatic rings. The highest BCUT2D eigenvalue weighted by Crippen LogP contribution is 2.57. The van der Waals surface area contributed by atoms with Gasteiger partial charge in [0, 0.05) is 0 Å². The molecule has 2 heterocycles. The number of ether oxygens (including phenoxy) is 3. The molecule has 396 valence electrons. The first kappa shape index (κ1) is 59.9. The van der Waals surface area contributed by atoms with Crippen LogP contribution in [0.1, 0.15) is 334 Å². The van der Waals surface area contributed by atoms with E-state index in [1.165, 1.54) is 268 Å². The zero-order chi connectivity index (χ0) is 48.8. The van der Waals surface area contributed by atoms with Crippen molar-refractivity contribution in [3.63, 3.8) is 0 Å². The van der Waals surface area contributed by atoms with Crippen LogP contribution < -0.4 is 0 Å². The van der Waals surface area contributed by atoms with Gasteiger partial charge in [0.1, 0.15) is 24.4 Å². The molecule has 0 radical (unpaired) electrons. The van der Waals surface area contributed by atoms with Crippen LogP contribution in [0, 0.1) is 0 Å². The molecule has 0 saturated carbocycles. The zero-order valence-electron chi connectivity index (χ0n) is 46.4. The first-order chi connectivity index (χ1) is 34.1. The maximum absolute atomic E-state index is 7.73. The third-order valence-corrected chi connectivity index (χ3v) is 16.6. The second-order valence-electron chi connectivity index (χ2n) is 22.7. The van der Waals surface area contributed by atoms with Crippen LogP contribution in [0.25, 0.3) is 0 Å². The first-order valence-electron chi connectivity index (χ1n) is 31.2. The molecule has 0 amide bonds. The Bertz CT molecular complexity index is 1270. The van der Waals surface area contributed by atoms with E-state index in [4.69, 9.17) is 14.2 Å². The second kappa shape index (κ2) is 38.9. The van der Waals surface area contributed by atoms with Gasteiger partial charge in [-0.2, -0.15) is 0 Å². The van der Waals surface area contributed by atoms with E-state index in [0.717, 1.165) is 25.7 Å². The maximum Gasteiger partial charge on any atom is 0.118 e. The second-order valence-corrected chi connectivity index (χ2v) is 22.7. The third kappa shape index (κ3) is 25.2. The normalized spacial score (nSPS) is 17.9. The summed E-state index contributed by atoms with van der Waals surface area (Å²) in [5.41, 5.74) is 2.37. The predicted molar refractivity (Wildman–Crippen MR) is 301 cm³/mol. The molecule has 2 fully saturated rings. The van der Waals surface area contributed by atoms with Gasteiger partial charge in [0.25, 0.3) is 0 Å². The van der Waals surface area contributed by atoms with Gasteiger partial charge < -0.3 is 14.2 Å². The maximum atomic E-state index is 7.73. The summed E-state index contributed by atoms with van der Waals surface area (Å²) in [5.74, 6) is 0. The van der Waals surface area contributed by atoms with Gasteiger partial charge in [0.05, 0.1) is 11.2 Å². The number of unbranched alkanes of at least 4 members (excludes halogenated alkanes) is 36. The van der Waals surface area contributed by atoms with E-state index in [1.54, 1.807) is 0 Å². The lowest BCUT2D eigenvalue weighted by Gasteiger charge is -2.27. The molecule has 0 N–H and O–H groups in total. The molecule has 4 atom stereocenters. The van der Waals surface area contributed by atoms with Crippen LogP contribution in [0.5, 0.6) is 0 Å². The zero-order valence-corrected chi connectivity index (χ0v) is 46.4. The minimum atomic E-state index is -0.112. The van der Waals surface area contributed by atoms with E-state index >= 15 is 0 Å². The fraction of sp³-hybridized carbons (Fsp3) is 0.818. The highest BCUT2D eigenvalue weighted by molar-refractivity contribution is 5.27. The average Bonchev–Trinajstić information content (AvgIpc) is 4.29. The summed E-state index contributed by atoms with van der Waals surface area (Å²) in [6.45, 7) is 9.28. The third-order valence-electron chi connectivity index (χ3n) is 16.6. The standard InChI is InChI=1S/C66H114O3/c1-5-9-13-17-21-25-29-33-37-47-55-65(56-48-38-34-30-26-22-18-14-10-6-2)63(68-65)61(59-51-43-41-44-52-59)67-62(60-53-45-42-46-54-60)64-66(69-64,57-49-39-35-31-27-23-19-15-11-7-3)58-50-40-36-32-28-24-20-16-12-8-4/h41-46,51-54,61-64H,5-40,47-50,55-58H2,1-4H3. The lowest BCUT2D eigenvalue weighted by atomic mass is 9.86. The molecule has 0 aromatic heterocycles. The van der Waals surface area contributed by atoms with Crippen LogP contribution in [0.4, 0.5) is 0 Å². The van der Waals surface area contributed by atoms with E-state index < -0.39 is 0 Å². The monoisotopic (exact) mass is 955 g/mol. The van der Waals surface area contributed by atoms with Crippen molar-refractivity contribution in [2.45, 2.75) is 346 Å². The van der Waals surface area contributed by atoms with Crippen molar-refractivity contribution in [1.82, 2.24) is 0 Å². The molecular weight excluding hydrogens is 841 g/mol. The van der Waals surface area contributed by atoms with Gasteiger partial charge in [-0.15, -0.1) is 0 Å². The van der Waals surface area contributed by atoms with Crippen LogP contribution >= 0.6 is 0 Å². The van der Waals surface area contributed by atoms with Gasteiger partial charge in [-0.25, -0.2) is 0 Å². The summed E-state index contributed by atoms with van der Waals surface area (Å²) in [7, 11) is 0. The van der Waals surface area contributed by atoms with Crippen molar-refractivity contribution in [2.75, 3.05) is 0 Å².